The monoisotopic (exact) mass is 759 g/mol. The number of ketones is 2. The van der Waals surface area contributed by atoms with Gasteiger partial charge in [-0.1, -0.05) is 135 Å². The molecular weight excluding hydrogens is 689 g/mol. The fourth-order valence-corrected chi connectivity index (χ4v) is 7.94. The Balaban J connectivity index is 1.85. The van der Waals surface area contributed by atoms with E-state index < -0.39 is 35.8 Å². The number of benzene rings is 2. The summed E-state index contributed by atoms with van der Waals surface area (Å²) in [4.78, 5) is 70.1. The van der Waals surface area contributed by atoms with E-state index in [0.29, 0.717) is 18.4 Å². The van der Waals surface area contributed by atoms with Crippen molar-refractivity contribution in [1.82, 2.24) is 10.2 Å². The molecule has 0 aromatic heterocycles. The first-order valence-corrected chi connectivity index (χ1v) is 21.3. The van der Waals surface area contributed by atoms with Crippen LogP contribution in [-0.4, -0.2) is 54.4 Å². The number of rotatable bonds is 21. The minimum absolute atomic E-state index is 0.106. The van der Waals surface area contributed by atoms with Crippen LogP contribution in [0.3, 0.4) is 0 Å². The maximum absolute atomic E-state index is 14.5. The lowest BCUT2D eigenvalue weighted by atomic mass is 9.86. The van der Waals surface area contributed by atoms with Gasteiger partial charge in [0.15, 0.2) is 5.78 Å². The molecule has 2 aromatic carbocycles. The third-order valence-corrected chi connectivity index (χ3v) is 11.4. The van der Waals surface area contributed by atoms with Crippen molar-refractivity contribution in [3.63, 3.8) is 0 Å². The molecule has 0 saturated carbocycles. The Hall–Kier alpha value is -3.81. The van der Waals surface area contributed by atoms with Crippen molar-refractivity contribution < 1.29 is 28.7 Å². The Bertz CT molecular complexity index is 1570. The number of nitrogens with one attached hydrogen (secondary N) is 1. The molecule has 0 fully saturated rings. The summed E-state index contributed by atoms with van der Waals surface area (Å²) in [6.45, 7) is 10.1. The van der Waals surface area contributed by atoms with E-state index in [4.69, 9.17) is 4.74 Å². The average Bonchev–Trinajstić information content (AvgIpc) is 3.16. The summed E-state index contributed by atoms with van der Waals surface area (Å²) in [5, 5.41) is 2.83. The van der Waals surface area contributed by atoms with Crippen LogP contribution >= 0.6 is 0 Å². The van der Waals surface area contributed by atoms with Gasteiger partial charge in [-0.15, -0.1) is 0 Å². The van der Waals surface area contributed by atoms with Gasteiger partial charge in [0.1, 0.15) is 17.9 Å². The van der Waals surface area contributed by atoms with E-state index in [1.807, 2.05) is 50.2 Å². The number of nitrogens with zero attached hydrogens (tertiary/aromatic N) is 1. The van der Waals surface area contributed by atoms with Crippen LogP contribution < -0.4 is 5.32 Å². The van der Waals surface area contributed by atoms with Crippen molar-refractivity contribution in [1.29, 1.82) is 0 Å². The quantitative estimate of drug-likeness (QED) is 0.100. The molecule has 4 atom stereocenters. The topological polar surface area (TPSA) is 110 Å². The van der Waals surface area contributed by atoms with Crippen molar-refractivity contribution >= 4 is 29.4 Å². The Morgan fingerprint density at radius 3 is 1.96 bits per heavy atom. The van der Waals surface area contributed by atoms with Crippen molar-refractivity contribution in [2.24, 2.45) is 11.8 Å². The van der Waals surface area contributed by atoms with E-state index in [0.717, 1.165) is 66.3 Å². The van der Waals surface area contributed by atoms with Gasteiger partial charge in [0.25, 0.3) is 0 Å². The summed E-state index contributed by atoms with van der Waals surface area (Å²) in [5.41, 5.74) is 5.43. The predicted octanol–water partition coefficient (Wildman–Crippen LogP) is 10.1. The summed E-state index contributed by atoms with van der Waals surface area (Å²) in [6.07, 6.45) is 17.5. The summed E-state index contributed by atoms with van der Waals surface area (Å²) in [5.74, 6) is -2.67. The van der Waals surface area contributed by atoms with Crippen LogP contribution in [0, 0.1) is 25.7 Å². The minimum atomic E-state index is -0.958. The molecule has 1 aliphatic rings. The first kappa shape index (κ1) is 45.6. The molecule has 2 aromatic rings. The van der Waals surface area contributed by atoms with E-state index in [9.17, 15) is 24.0 Å². The van der Waals surface area contributed by atoms with Gasteiger partial charge in [-0.05, 0) is 66.1 Å². The number of hydrogen-bond donors (Lipinski definition) is 1. The number of methoxy groups -OCH3 is 1. The molecular formula is C47H70N2O6. The van der Waals surface area contributed by atoms with Gasteiger partial charge in [0.2, 0.25) is 11.8 Å². The van der Waals surface area contributed by atoms with E-state index >= 15 is 0 Å². The SMILES string of the molecule is CCCCCCCCCCCCCC(=O)C[C@@H](CCCCC)C(=O)N(C)[C@@H]1C(=O)C[C@@H](C)C(=O)N[C@H](C(=O)OC)Cc2ccc(C)c(c2)-c2cc1ccc2C. The van der Waals surface area contributed by atoms with Gasteiger partial charge in [-0.3, -0.25) is 19.2 Å². The zero-order valence-electron chi connectivity index (χ0n) is 35.1. The normalized spacial score (nSPS) is 17.9. The molecule has 1 heterocycles. The van der Waals surface area contributed by atoms with E-state index in [2.05, 4.69) is 19.2 Å². The number of unbranched alkanes of at least 4 members (excludes halogenated alkanes) is 12. The minimum Gasteiger partial charge on any atom is -0.467 e. The maximum Gasteiger partial charge on any atom is 0.328 e. The van der Waals surface area contributed by atoms with Crippen LogP contribution in [0.5, 0.6) is 0 Å². The maximum atomic E-state index is 14.5. The number of Topliss-reactive ketones (excluding diaryl/α,β-unsaturated/α-hetero) is 2. The van der Waals surface area contributed by atoms with Crippen molar-refractivity contribution in [3.05, 3.63) is 58.7 Å². The Kier molecular flexibility index (Phi) is 19.9. The number of carbonyl (C=O) groups is 5. The number of amides is 2. The smallest absolute Gasteiger partial charge is 0.328 e. The molecule has 2 amide bonds. The molecule has 1 N–H and O–H groups in total. The van der Waals surface area contributed by atoms with Gasteiger partial charge in [0, 0.05) is 44.6 Å². The zero-order chi connectivity index (χ0) is 40.3. The number of esters is 1. The Labute approximate surface area is 331 Å². The molecule has 0 saturated heterocycles. The standard InChI is InChI=1S/C47H70N2O6/c1-8-10-12-13-14-15-16-17-18-19-21-23-39(50)31-38(22-20-11-9-2)46(53)49(6)44-37-27-25-34(4)41(32-37)40-29-36(26-24-33(40)3)30-42(47(54)55-7)48-45(52)35(5)28-43(44)51/h24-27,29,32,35,38,42,44H,8-23,28,30-31H2,1-7H3,(H,48,52)/t35-,38-,42+,44+/m1/s1. The molecule has 3 rings (SSSR count). The van der Waals surface area contributed by atoms with E-state index in [1.165, 1.54) is 63.4 Å². The second-order valence-electron chi connectivity index (χ2n) is 16.2. The lowest BCUT2D eigenvalue weighted by Gasteiger charge is -2.32. The number of hydrogen-bond acceptors (Lipinski definition) is 6. The van der Waals surface area contributed by atoms with Crippen LogP contribution in [0.2, 0.25) is 0 Å². The number of fused-ring (bicyclic) bond motifs is 5. The van der Waals surface area contributed by atoms with E-state index in [-0.39, 0.29) is 36.7 Å². The van der Waals surface area contributed by atoms with Gasteiger partial charge in [0.05, 0.1) is 7.11 Å². The highest BCUT2D eigenvalue weighted by Crippen LogP contribution is 2.34. The van der Waals surface area contributed by atoms with Gasteiger partial charge >= 0.3 is 5.97 Å². The molecule has 0 radical (unpaired) electrons. The Morgan fingerprint density at radius 2 is 1.35 bits per heavy atom. The second-order valence-corrected chi connectivity index (χ2v) is 16.2. The summed E-state index contributed by atoms with van der Waals surface area (Å²) in [6, 6.07) is 9.95. The van der Waals surface area contributed by atoms with Crippen molar-refractivity contribution in [3.8, 4) is 11.1 Å². The third-order valence-electron chi connectivity index (χ3n) is 11.4. The molecule has 4 bridgehead atoms. The summed E-state index contributed by atoms with van der Waals surface area (Å²) < 4.78 is 5.04. The van der Waals surface area contributed by atoms with Crippen LogP contribution in [0.4, 0.5) is 0 Å². The fraction of sp³-hybridized carbons (Fsp3) is 0.638. The first-order valence-electron chi connectivity index (χ1n) is 21.3. The summed E-state index contributed by atoms with van der Waals surface area (Å²) in [7, 11) is 2.96. The molecule has 0 aliphatic carbocycles. The molecule has 8 heteroatoms. The van der Waals surface area contributed by atoms with Crippen LogP contribution in [-0.2, 0) is 35.1 Å². The molecule has 0 unspecified atom stereocenters. The van der Waals surface area contributed by atoms with Gasteiger partial charge in [-0.25, -0.2) is 4.79 Å². The highest BCUT2D eigenvalue weighted by molar-refractivity contribution is 5.95. The average molecular weight is 759 g/mol. The molecule has 8 nitrogen and oxygen atoms in total. The molecule has 304 valence electrons. The molecule has 55 heavy (non-hydrogen) atoms. The van der Waals surface area contributed by atoms with Crippen molar-refractivity contribution in [2.45, 2.75) is 169 Å². The first-order chi connectivity index (χ1) is 26.4. The lowest BCUT2D eigenvalue weighted by Crippen LogP contribution is -2.46. The predicted molar refractivity (Wildman–Crippen MR) is 222 cm³/mol. The number of aryl methyl sites for hydroxylation is 2. The van der Waals surface area contributed by atoms with Gasteiger partial charge < -0.3 is 15.0 Å². The number of ether oxygens (including phenoxy) is 1. The molecule has 0 spiro atoms. The van der Waals surface area contributed by atoms with E-state index in [1.54, 1.807) is 14.0 Å². The highest BCUT2D eigenvalue weighted by atomic mass is 16.5. The van der Waals surface area contributed by atoms with Crippen LogP contribution in [0.15, 0.2) is 36.4 Å². The van der Waals surface area contributed by atoms with Crippen LogP contribution in [0.25, 0.3) is 11.1 Å². The molecule has 1 aliphatic heterocycles. The number of carbonyl (C=O) groups excluding carboxylic acids is 5. The summed E-state index contributed by atoms with van der Waals surface area (Å²) >= 11 is 0. The lowest BCUT2D eigenvalue weighted by molar-refractivity contribution is -0.146. The fourth-order valence-electron chi connectivity index (χ4n) is 7.94. The second kappa shape index (κ2) is 24.0. The zero-order valence-corrected chi connectivity index (χ0v) is 35.1. The number of likely N-dealkylation sites (N-methyl/N-ethyl adjacent to an activating group) is 1. The third kappa shape index (κ3) is 14.3. The largest absolute Gasteiger partial charge is 0.467 e. The van der Waals surface area contributed by atoms with Crippen LogP contribution in [0.1, 0.15) is 165 Å². The van der Waals surface area contributed by atoms with Crippen molar-refractivity contribution in [2.75, 3.05) is 14.2 Å². The Morgan fingerprint density at radius 1 is 0.782 bits per heavy atom. The van der Waals surface area contributed by atoms with Gasteiger partial charge in [-0.2, -0.15) is 0 Å². The highest BCUT2D eigenvalue weighted by Gasteiger charge is 2.35.